The Morgan fingerprint density at radius 1 is 1.24 bits per heavy atom. The van der Waals surface area contributed by atoms with E-state index in [1.54, 1.807) is 18.2 Å². The van der Waals surface area contributed by atoms with Crippen molar-refractivity contribution in [3.05, 3.63) is 30.5 Å². The molecule has 2 aromatic rings. The molecule has 1 amide bonds. The molecule has 0 bridgehead atoms. The number of benzene rings is 1. The molecule has 0 unspecified atom stereocenters. The Morgan fingerprint density at radius 2 is 2.07 bits per heavy atom. The van der Waals surface area contributed by atoms with Crippen LogP contribution in [0.2, 0.25) is 0 Å². The molecule has 29 heavy (non-hydrogen) atoms. The van der Waals surface area contributed by atoms with Crippen molar-refractivity contribution in [1.29, 1.82) is 5.26 Å². The van der Waals surface area contributed by atoms with E-state index in [4.69, 9.17) is 9.47 Å². The standard InChI is InChI=1S/C22H26N4O3/c1-28-18-4-5-20-19(13-18)21(6-9-24-20)29-17-7-11-25(12-8-17)15-22(27)26-10-2-3-16(26)14-23/h4-6,9,13,16-17H,2-3,7-8,10-12,15H2,1H3/t16-/m0/s1. The number of carbonyl (C=O) groups is 1. The van der Waals surface area contributed by atoms with E-state index in [0.29, 0.717) is 13.1 Å². The van der Waals surface area contributed by atoms with E-state index in [1.807, 2.05) is 24.3 Å². The van der Waals surface area contributed by atoms with Crippen LogP contribution in [0.3, 0.4) is 0 Å². The summed E-state index contributed by atoms with van der Waals surface area (Å²) in [7, 11) is 1.65. The lowest BCUT2D eigenvalue weighted by molar-refractivity contribution is -0.132. The molecule has 0 radical (unpaired) electrons. The van der Waals surface area contributed by atoms with E-state index in [9.17, 15) is 10.1 Å². The molecule has 7 nitrogen and oxygen atoms in total. The predicted molar refractivity (Wildman–Crippen MR) is 109 cm³/mol. The highest BCUT2D eigenvalue weighted by Gasteiger charge is 2.30. The largest absolute Gasteiger partial charge is 0.497 e. The van der Waals surface area contributed by atoms with Gasteiger partial charge in [-0.15, -0.1) is 0 Å². The summed E-state index contributed by atoms with van der Waals surface area (Å²) in [6, 6.07) is 9.67. The summed E-state index contributed by atoms with van der Waals surface area (Å²) in [5, 5.41) is 10.1. The summed E-state index contributed by atoms with van der Waals surface area (Å²) < 4.78 is 11.6. The van der Waals surface area contributed by atoms with E-state index >= 15 is 0 Å². The molecule has 0 aliphatic carbocycles. The summed E-state index contributed by atoms with van der Waals surface area (Å²) in [6.07, 6.45) is 5.31. The number of carbonyl (C=O) groups excluding carboxylic acids is 1. The number of nitrogens with zero attached hydrogens (tertiary/aromatic N) is 4. The van der Waals surface area contributed by atoms with Gasteiger partial charge in [0, 0.05) is 31.2 Å². The Hall–Kier alpha value is -2.85. The number of pyridine rings is 1. The van der Waals surface area contributed by atoms with E-state index in [1.165, 1.54) is 0 Å². The fraction of sp³-hybridized carbons (Fsp3) is 0.500. The van der Waals surface area contributed by atoms with Crippen LogP contribution in [-0.4, -0.2) is 66.1 Å². The summed E-state index contributed by atoms with van der Waals surface area (Å²) >= 11 is 0. The summed E-state index contributed by atoms with van der Waals surface area (Å²) in [5.41, 5.74) is 0.879. The second-order valence-corrected chi connectivity index (χ2v) is 7.66. The minimum atomic E-state index is -0.250. The second-order valence-electron chi connectivity index (χ2n) is 7.66. The average molecular weight is 394 g/mol. The smallest absolute Gasteiger partial charge is 0.237 e. The fourth-order valence-electron chi connectivity index (χ4n) is 4.18. The van der Waals surface area contributed by atoms with E-state index in [0.717, 1.165) is 61.2 Å². The molecular weight excluding hydrogens is 368 g/mol. The highest BCUT2D eigenvalue weighted by atomic mass is 16.5. The molecule has 4 rings (SSSR count). The Kier molecular flexibility index (Phi) is 5.81. The van der Waals surface area contributed by atoms with Gasteiger partial charge in [-0.3, -0.25) is 14.7 Å². The first-order valence-electron chi connectivity index (χ1n) is 10.2. The first kappa shape index (κ1) is 19.5. The lowest BCUT2D eigenvalue weighted by Crippen LogP contribution is -2.46. The van der Waals surface area contributed by atoms with Crippen LogP contribution in [-0.2, 0) is 4.79 Å². The number of piperidine rings is 1. The van der Waals surface area contributed by atoms with Crippen molar-refractivity contribution in [2.45, 2.75) is 37.8 Å². The number of nitriles is 1. The highest BCUT2D eigenvalue weighted by molar-refractivity contribution is 5.86. The quantitative estimate of drug-likeness (QED) is 0.776. The Bertz CT molecular complexity index is 918. The lowest BCUT2D eigenvalue weighted by Gasteiger charge is -2.33. The molecule has 1 atom stereocenters. The minimum absolute atomic E-state index is 0.0700. The first-order chi connectivity index (χ1) is 14.2. The Balaban J connectivity index is 1.34. The van der Waals surface area contributed by atoms with Gasteiger partial charge in [0.1, 0.15) is 23.6 Å². The maximum absolute atomic E-state index is 12.5. The van der Waals surface area contributed by atoms with Crippen molar-refractivity contribution in [2.75, 3.05) is 33.3 Å². The van der Waals surface area contributed by atoms with Crippen LogP contribution >= 0.6 is 0 Å². The SMILES string of the molecule is COc1ccc2nccc(OC3CCN(CC(=O)N4CCC[C@H]4C#N)CC3)c2c1. The second kappa shape index (κ2) is 8.66. The van der Waals surface area contributed by atoms with Gasteiger partial charge in [-0.1, -0.05) is 0 Å². The third-order valence-electron chi connectivity index (χ3n) is 5.82. The maximum atomic E-state index is 12.5. The van der Waals surface area contributed by atoms with E-state index in [-0.39, 0.29) is 18.1 Å². The molecule has 2 aliphatic rings. The zero-order valence-electron chi connectivity index (χ0n) is 16.7. The number of aromatic nitrogens is 1. The third kappa shape index (κ3) is 4.28. The average Bonchev–Trinajstić information content (AvgIpc) is 3.24. The molecule has 0 N–H and O–H groups in total. The van der Waals surface area contributed by atoms with Gasteiger partial charge in [0.05, 0.1) is 25.2 Å². The molecule has 0 spiro atoms. The normalized spacial score (nSPS) is 20.6. The van der Waals surface area contributed by atoms with Crippen molar-refractivity contribution >= 4 is 16.8 Å². The Morgan fingerprint density at radius 3 is 2.83 bits per heavy atom. The van der Waals surface area contributed by atoms with Crippen molar-refractivity contribution in [3.63, 3.8) is 0 Å². The number of amides is 1. The summed E-state index contributed by atoms with van der Waals surface area (Å²) in [4.78, 5) is 20.8. The van der Waals surface area contributed by atoms with Gasteiger partial charge in [-0.05, 0) is 49.9 Å². The van der Waals surface area contributed by atoms with Gasteiger partial charge in [0.2, 0.25) is 5.91 Å². The maximum Gasteiger partial charge on any atom is 0.237 e. The zero-order valence-corrected chi connectivity index (χ0v) is 16.7. The summed E-state index contributed by atoms with van der Waals surface area (Å²) in [6.45, 7) is 2.72. The summed E-state index contributed by atoms with van der Waals surface area (Å²) in [5.74, 6) is 1.67. The number of fused-ring (bicyclic) bond motifs is 1. The fourth-order valence-corrected chi connectivity index (χ4v) is 4.18. The van der Waals surface area contributed by atoms with Gasteiger partial charge in [0.25, 0.3) is 0 Å². The zero-order chi connectivity index (χ0) is 20.2. The molecule has 0 saturated carbocycles. The van der Waals surface area contributed by atoms with Crippen LogP contribution < -0.4 is 9.47 Å². The topological polar surface area (TPSA) is 78.7 Å². The van der Waals surface area contributed by atoms with Gasteiger partial charge >= 0.3 is 0 Å². The van der Waals surface area contributed by atoms with Crippen molar-refractivity contribution in [3.8, 4) is 17.6 Å². The van der Waals surface area contributed by atoms with Crippen LogP contribution in [0.5, 0.6) is 11.5 Å². The third-order valence-corrected chi connectivity index (χ3v) is 5.82. The van der Waals surface area contributed by atoms with Gasteiger partial charge in [-0.25, -0.2) is 0 Å². The van der Waals surface area contributed by atoms with Gasteiger partial charge in [-0.2, -0.15) is 5.26 Å². The molecule has 2 aliphatic heterocycles. The molecule has 152 valence electrons. The van der Waals surface area contributed by atoms with Gasteiger partial charge < -0.3 is 14.4 Å². The van der Waals surface area contributed by atoms with Crippen LogP contribution in [0, 0.1) is 11.3 Å². The number of ether oxygens (including phenoxy) is 2. The number of likely N-dealkylation sites (tertiary alicyclic amines) is 2. The van der Waals surface area contributed by atoms with E-state index < -0.39 is 0 Å². The number of methoxy groups -OCH3 is 1. The molecule has 2 fully saturated rings. The van der Waals surface area contributed by atoms with Crippen LogP contribution in [0.15, 0.2) is 30.5 Å². The number of rotatable bonds is 5. The van der Waals surface area contributed by atoms with Crippen LogP contribution in [0.4, 0.5) is 0 Å². The highest BCUT2D eigenvalue weighted by Crippen LogP contribution is 2.30. The number of hydrogen-bond acceptors (Lipinski definition) is 6. The van der Waals surface area contributed by atoms with Crippen molar-refractivity contribution in [1.82, 2.24) is 14.8 Å². The lowest BCUT2D eigenvalue weighted by atomic mass is 10.1. The predicted octanol–water partition coefficient (Wildman–Crippen LogP) is 2.60. The molecule has 1 aromatic heterocycles. The van der Waals surface area contributed by atoms with Gasteiger partial charge in [0.15, 0.2) is 0 Å². The molecule has 2 saturated heterocycles. The molecule has 1 aromatic carbocycles. The monoisotopic (exact) mass is 394 g/mol. The molecular formula is C22H26N4O3. The number of hydrogen-bond donors (Lipinski definition) is 0. The van der Waals surface area contributed by atoms with E-state index in [2.05, 4.69) is 16.0 Å². The molecule has 3 heterocycles. The first-order valence-corrected chi connectivity index (χ1v) is 10.2. The van der Waals surface area contributed by atoms with Crippen molar-refractivity contribution in [2.24, 2.45) is 0 Å². The van der Waals surface area contributed by atoms with Crippen LogP contribution in [0.25, 0.3) is 10.9 Å². The Labute approximate surface area is 170 Å². The molecule has 7 heteroatoms. The van der Waals surface area contributed by atoms with Crippen LogP contribution in [0.1, 0.15) is 25.7 Å². The van der Waals surface area contributed by atoms with Crippen molar-refractivity contribution < 1.29 is 14.3 Å². The minimum Gasteiger partial charge on any atom is -0.497 e.